The molecule has 1 N–H and O–H groups in total. The van der Waals surface area contributed by atoms with Crippen LogP contribution in [0.3, 0.4) is 0 Å². The smallest absolute Gasteiger partial charge is 0.225 e. The van der Waals surface area contributed by atoms with Crippen molar-refractivity contribution in [3.8, 4) is 0 Å². The summed E-state index contributed by atoms with van der Waals surface area (Å²) < 4.78 is 0. The fourth-order valence-corrected chi connectivity index (χ4v) is 2.81. The van der Waals surface area contributed by atoms with Crippen LogP contribution in [0.2, 0.25) is 0 Å². The van der Waals surface area contributed by atoms with Gasteiger partial charge in [0.2, 0.25) is 5.95 Å². The molecule has 1 aromatic rings. The van der Waals surface area contributed by atoms with Crippen molar-refractivity contribution < 1.29 is 0 Å². The number of aromatic nitrogens is 2. The van der Waals surface area contributed by atoms with E-state index in [1.54, 1.807) is 0 Å². The molecule has 1 aliphatic heterocycles. The third-order valence-corrected chi connectivity index (χ3v) is 4.39. The van der Waals surface area contributed by atoms with Crippen molar-refractivity contribution in [1.82, 2.24) is 15.3 Å². The highest BCUT2D eigenvalue weighted by Crippen LogP contribution is 2.26. The minimum absolute atomic E-state index is 0.670. The van der Waals surface area contributed by atoms with E-state index in [1.807, 2.05) is 6.20 Å². The van der Waals surface area contributed by atoms with E-state index in [0.717, 1.165) is 49.7 Å². The number of nitrogens with zero attached hydrogens (tertiary/aromatic N) is 3. The van der Waals surface area contributed by atoms with E-state index in [-0.39, 0.29) is 0 Å². The SMILES string of the molecule is Cc1nc(N2CCC(C(C)C)C2)ncc1CNCC(C)C. The van der Waals surface area contributed by atoms with Crippen LogP contribution in [0.5, 0.6) is 0 Å². The summed E-state index contributed by atoms with van der Waals surface area (Å²) in [7, 11) is 0. The molecule has 0 aromatic carbocycles. The third-order valence-electron chi connectivity index (χ3n) is 4.39. The van der Waals surface area contributed by atoms with Crippen LogP contribution in [0.1, 0.15) is 45.4 Å². The molecule has 1 atom stereocenters. The molecule has 118 valence electrons. The summed E-state index contributed by atoms with van der Waals surface area (Å²) in [6, 6.07) is 0. The molecule has 0 radical (unpaired) electrons. The zero-order valence-corrected chi connectivity index (χ0v) is 14.2. The summed E-state index contributed by atoms with van der Waals surface area (Å²) >= 11 is 0. The minimum atomic E-state index is 0.670. The molecule has 1 fully saturated rings. The van der Waals surface area contributed by atoms with E-state index in [0.29, 0.717) is 5.92 Å². The Morgan fingerprint density at radius 2 is 2.10 bits per heavy atom. The number of nitrogens with one attached hydrogen (secondary N) is 1. The quantitative estimate of drug-likeness (QED) is 0.874. The first-order chi connectivity index (χ1) is 9.97. The number of hydrogen-bond donors (Lipinski definition) is 1. The van der Waals surface area contributed by atoms with Gasteiger partial charge in [-0.1, -0.05) is 27.7 Å². The van der Waals surface area contributed by atoms with E-state index in [9.17, 15) is 0 Å². The average molecular weight is 290 g/mol. The predicted molar refractivity (Wildman–Crippen MR) is 88.5 cm³/mol. The molecule has 0 aliphatic carbocycles. The van der Waals surface area contributed by atoms with E-state index >= 15 is 0 Å². The standard InChI is InChI=1S/C17H30N4/c1-12(2)8-18-9-16-10-19-17(20-14(16)5)21-7-6-15(11-21)13(3)4/h10,12-13,15,18H,6-9,11H2,1-5H3. The number of anilines is 1. The Bertz CT molecular complexity index is 456. The van der Waals surface area contributed by atoms with Crippen molar-refractivity contribution in [2.45, 2.75) is 47.6 Å². The van der Waals surface area contributed by atoms with Crippen molar-refractivity contribution in [2.75, 3.05) is 24.5 Å². The Morgan fingerprint density at radius 1 is 1.33 bits per heavy atom. The normalized spacial score (nSPS) is 19.0. The molecular formula is C17H30N4. The van der Waals surface area contributed by atoms with E-state index < -0.39 is 0 Å². The Morgan fingerprint density at radius 3 is 2.67 bits per heavy atom. The van der Waals surface area contributed by atoms with E-state index in [1.165, 1.54) is 12.0 Å². The Labute approximate surface area is 129 Å². The number of hydrogen-bond acceptors (Lipinski definition) is 4. The lowest BCUT2D eigenvalue weighted by Gasteiger charge is -2.19. The van der Waals surface area contributed by atoms with Crippen molar-refractivity contribution >= 4 is 5.95 Å². The molecule has 4 heteroatoms. The van der Waals surface area contributed by atoms with Gasteiger partial charge in [0.05, 0.1) is 0 Å². The maximum Gasteiger partial charge on any atom is 0.225 e. The highest BCUT2D eigenvalue weighted by molar-refractivity contribution is 5.34. The van der Waals surface area contributed by atoms with Gasteiger partial charge in [0.25, 0.3) is 0 Å². The van der Waals surface area contributed by atoms with E-state index in [2.05, 4.69) is 49.8 Å². The highest BCUT2D eigenvalue weighted by atomic mass is 15.3. The highest BCUT2D eigenvalue weighted by Gasteiger charge is 2.26. The molecule has 0 spiro atoms. The molecule has 1 unspecified atom stereocenters. The van der Waals surface area contributed by atoms with Gasteiger partial charge in [-0.05, 0) is 37.6 Å². The van der Waals surface area contributed by atoms with Crippen LogP contribution in [-0.2, 0) is 6.54 Å². The van der Waals surface area contributed by atoms with Crippen LogP contribution in [0, 0.1) is 24.7 Å². The van der Waals surface area contributed by atoms with Crippen LogP contribution in [0.15, 0.2) is 6.20 Å². The van der Waals surface area contributed by atoms with Gasteiger partial charge in [-0.25, -0.2) is 9.97 Å². The van der Waals surface area contributed by atoms with E-state index in [4.69, 9.17) is 4.98 Å². The molecule has 0 bridgehead atoms. The van der Waals surface area contributed by atoms with Gasteiger partial charge in [0.1, 0.15) is 0 Å². The topological polar surface area (TPSA) is 41.1 Å². The second kappa shape index (κ2) is 7.21. The summed E-state index contributed by atoms with van der Waals surface area (Å²) in [6.45, 7) is 15.2. The van der Waals surface area contributed by atoms with Crippen LogP contribution >= 0.6 is 0 Å². The zero-order valence-electron chi connectivity index (χ0n) is 14.2. The molecule has 4 nitrogen and oxygen atoms in total. The lowest BCUT2D eigenvalue weighted by atomic mass is 9.95. The first-order valence-corrected chi connectivity index (χ1v) is 8.25. The van der Waals surface area contributed by atoms with Crippen molar-refractivity contribution in [3.63, 3.8) is 0 Å². The molecule has 1 aromatic heterocycles. The predicted octanol–water partition coefficient (Wildman–Crippen LogP) is 3.01. The van der Waals surface area contributed by atoms with Crippen molar-refractivity contribution in [2.24, 2.45) is 17.8 Å². The van der Waals surface area contributed by atoms with Gasteiger partial charge < -0.3 is 10.2 Å². The summed E-state index contributed by atoms with van der Waals surface area (Å²) in [5.41, 5.74) is 2.31. The molecule has 1 aliphatic rings. The zero-order chi connectivity index (χ0) is 15.4. The number of aryl methyl sites for hydroxylation is 1. The van der Waals surface area contributed by atoms with Crippen molar-refractivity contribution in [1.29, 1.82) is 0 Å². The second-order valence-corrected chi connectivity index (χ2v) is 7.04. The summed E-state index contributed by atoms with van der Waals surface area (Å²) in [5.74, 6) is 3.10. The number of rotatable bonds is 6. The largest absolute Gasteiger partial charge is 0.341 e. The summed E-state index contributed by atoms with van der Waals surface area (Å²) in [6.07, 6.45) is 3.26. The monoisotopic (exact) mass is 290 g/mol. The molecule has 2 heterocycles. The fourth-order valence-electron chi connectivity index (χ4n) is 2.81. The fraction of sp³-hybridized carbons (Fsp3) is 0.765. The van der Waals surface area contributed by atoms with Crippen LogP contribution < -0.4 is 10.2 Å². The van der Waals surface area contributed by atoms with Crippen LogP contribution in [0.25, 0.3) is 0 Å². The minimum Gasteiger partial charge on any atom is -0.341 e. The average Bonchev–Trinajstić information content (AvgIpc) is 2.90. The maximum absolute atomic E-state index is 4.72. The first-order valence-electron chi connectivity index (χ1n) is 8.25. The molecular weight excluding hydrogens is 260 g/mol. The lowest BCUT2D eigenvalue weighted by molar-refractivity contribution is 0.422. The van der Waals surface area contributed by atoms with Gasteiger partial charge in [0, 0.05) is 37.1 Å². The van der Waals surface area contributed by atoms with Gasteiger partial charge in [0.15, 0.2) is 0 Å². The lowest BCUT2D eigenvalue weighted by Crippen LogP contribution is -2.24. The van der Waals surface area contributed by atoms with Crippen molar-refractivity contribution in [3.05, 3.63) is 17.5 Å². The molecule has 0 saturated carbocycles. The first kappa shape index (κ1) is 16.2. The van der Waals surface area contributed by atoms with Gasteiger partial charge in [-0.3, -0.25) is 0 Å². The Kier molecular flexibility index (Phi) is 5.57. The maximum atomic E-state index is 4.72. The molecule has 2 rings (SSSR count). The molecule has 1 saturated heterocycles. The Balaban J connectivity index is 1.96. The molecule has 0 amide bonds. The van der Waals surface area contributed by atoms with Gasteiger partial charge >= 0.3 is 0 Å². The summed E-state index contributed by atoms with van der Waals surface area (Å²) in [5, 5.41) is 3.46. The van der Waals surface area contributed by atoms with Crippen LogP contribution in [0.4, 0.5) is 5.95 Å². The van der Waals surface area contributed by atoms with Crippen LogP contribution in [-0.4, -0.2) is 29.6 Å². The molecule has 21 heavy (non-hydrogen) atoms. The third kappa shape index (κ3) is 4.40. The van der Waals surface area contributed by atoms with Gasteiger partial charge in [-0.2, -0.15) is 0 Å². The Hall–Kier alpha value is -1.16. The van der Waals surface area contributed by atoms with Gasteiger partial charge in [-0.15, -0.1) is 0 Å². The summed E-state index contributed by atoms with van der Waals surface area (Å²) in [4.78, 5) is 11.6. The second-order valence-electron chi connectivity index (χ2n) is 7.04.